The maximum Gasteiger partial charge on any atom is 0.222 e. The molecule has 35 heavy (non-hydrogen) atoms. The van der Waals surface area contributed by atoms with E-state index in [-0.39, 0.29) is 23.5 Å². The van der Waals surface area contributed by atoms with Crippen LogP contribution in [0.15, 0.2) is 11.4 Å². The summed E-state index contributed by atoms with van der Waals surface area (Å²) >= 11 is 0. The number of amides is 1. The van der Waals surface area contributed by atoms with E-state index in [4.69, 9.17) is 14.9 Å². The van der Waals surface area contributed by atoms with Crippen LogP contribution in [0.25, 0.3) is 11.0 Å². The molecule has 2 aliphatic heterocycles. The first-order valence-electron chi connectivity index (χ1n) is 12.6. The fourth-order valence-electron chi connectivity index (χ4n) is 5.71. The fourth-order valence-corrected chi connectivity index (χ4v) is 7.24. The van der Waals surface area contributed by atoms with E-state index in [1.54, 1.807) is 7.05 Å². The van der Waals surface area contributed by atoms with Gasteiger partial charge < -0.3 is 15.5 Å². The van der Waals surface area contributed by atoms with Crippen LogP contribution in [0.5, 0.6) is 0 Å². The lowest BCUT2D eigenvalue weighted by Gasteiger charge is -2.39. The van der Waals surface area contributed by atoms with Crippen molar-refractivity contribution in [3.8, 4) is 0 Å². The Morgan fingerprint density at radius 3 is 2.63 bits per heavy atom. The Balaban J connectivity index is 1.44. The van der Waals surface area contributed by atoms with E-state index in [1.807, 2.05) is 24.7 Å². The van der Waals surface area contributed by atoms with Crippen molar-refractivity contribution in [1.82, 2.24) is 20.1 Å². The zero-order valence-corrected chi connectivity index (χ0v) is 21.5. The van der Waals surface area contributed by atoms with E-state index in [1.165, 1.54) is 0 Å². The molecule has 1 saturated carbocycles. The van der Waals surface area contributed by atoms with Gasteiger partial charge in [-0.1, -0.05) is 5.16 Å². The van der Waals surface area contributed by atoms with Crippen LogP contribution in [0.1, 0.15) is 63.1 Å². The first-order valence-corrected chi connectivity index (χ1v) is 14.5. The van der Waals surface area contributed by atoms with Crippen molar-refractivity contribution in [3.05, 3.63) is 17.5 Å². The average molecular weight is 505 g/mol. The Hall–Kier alpha value is -2.37. The summed E-state index contributed by atoms with van der Waals surface area (Å²) in [5, 5.41) is 16.7. The minimum Gasteiger partial charge on any atom is -0.389 e. The molecule has 2 aromatic rings. The van der Waals surface area contributed by atoms with Crippen molar-refractivity contribution in [1.29, 1.82) is 0 Å². The second-order valence-electron chi connectivity index (χ2n) is 10.2. The lowest BCUT2D eigenvalue weighted by Crippen LogP contribution is -2.39. The smallest absolute Gasteiger partial charge is 0.222 e. The predicted molar refractivity (Wildman–Crippen MR) is 138 cm³/mol. The quantitative estimate of drug-likeness (QED) is 0.485. The monoisotopic (exact) mass is 504 g/mol. The van der Waals surface area contributed by atoms with Crippen LogP contribution >= 0.6 is 10.6 Å². The van der Waals surface area contributed by atoms with E-state index in [9.17, 15) is 13.9 Å². The highest BCUT2D eigenvalue weighted by Crippen LogP contribution is 2.46. The van der Waals surface area contributed by atoms with Crippen LogP contribution in [0.4, 0.5) is 5.69 Å². The minimum absolute atomic E-state index is 0.0367. The van der Waals surface area contributed by atoms with Crippen LogP contribution in [-0.2, 0) is 16.2 Å². The molecule has 10 nitrogen and oxygen atoms in total. The third-order valence-electron chi connectivity index (χ3n) is 7.83. The molecule has 1 saturated heterocycles. The van der Waals surface area contributed by atoms with Crippen LogP contribution < -0.4 is 10.6 Å². The Labute approximate surface area is 207 Å². The topological polar surface area (TPSA) is 134 Å². The first-order chi connectivity index (χ1) is 16.7. The molecule has 2 aromatic heterocycles. The molecule has 0 aromatic carbocycles. The summed E-state index contributed by atoms with van der Waals surface area (Å²) in [6.45, 7) is 4.77. The molecule has 1 amide bonds. The lowest BCUT2D eigenvalue weighted by molar-refractivity contribution is -0.128. The van der Waals surface area contributed by atoms with Crippen LogP contribution in [0.2, 0.25) is 0 Å². The summed E-state index contributed by atoms with van der Waals surface area (Å²) in [4.78, 5) is 22.9. The number of carbonyl (C=O) groups is 1. The number of carbonyl (C=O) groups excluding carboxylic acids is 1. The molecule has 1 spiro atoms. The Bertz CT molecular complexity index is 1140. The number of pyridine rings is 1. The molecule has 0 radical (unpaired) electrons. The summed E-state index contributed by atoms with van der Waals surface area (Å²) in [7, 11) is -0.767. The molecule has 4 heterocycles. The van der Waals surface area contributed by atoms with E-state index >= 15 is 0 Å². The molecule has 2 fully saturated rings. The molecule has 4 N–H and O–H groups in total. The summed E-state index contributed by atoms with van der Waals surface area (Å²) in [5.41, 5.74) is 4.10. The van der Waals surface area contributed by atoms with Crippen molar-refractivity contribution in [3.63, 3.8) is 0 Å². The van der Waals surface area contributed by atoms with Gasteiger partial charge in [0.2, 0.25) is 5.91 Å². The highest BCUT2D eigenvalue weighted by Gasteiger charge is 2.44. The zero-order chi connectivity index (χ0) is 24.8. The van der Waals surface area contributed by atoms with Crippen molar-refractivity contribution in [2.75, 3.05) is 23.9 Å². The summed E-state index contributed by atoms with van der Waals surface area (Å²) in [6.07, 6.45) is 7.12. The number of hydrogen-bond donors (Lipinski definition) is 4. The number of aryl methyl sites for hydroxylation is 2. The first kappa shape index (κ1) is 24.3. The molecule has 11 heteroatoms. The van der Waals surface area contributed by atoms with Crippen LogP contribution in [0.3, 0.4) is 0 Å². The maximum absolute atomic E-state index is 12.1. The fraction of sp³-hybridized carbons (Fsp3) is 0.667. The molecule has 5 rings (SSSR count). The van der Waals surface area contributed by atoms with Gasteiger partial charge in [-0.05, 0) is 52.4 Å². The van der Waals surface area contributed by atoms with Gasteiger partial charge in [-0.3, -0.25) is 13.9 Å². The second-order valence-corrected chi connectivity index (χ2v) is 12.6. The Morgan fingerprint density at radius 1 is 1.26 bits per heavy atom. The van der Waals surface area contributed by atoms with Crippen molar-refractivity contribution >= 4 is 38.9 Å². The summed E-state index contributed by atoms with van der Waals surface area (Å²) in [5.74, 6) is 0.977. The highest BCUT2D eigenvalue weighted by atomic mass is 32.3. The van der Waals surface area contributed by atoms with Gasteiger partial charge in [0.1, 0.15) is 5.60 Å². The van der Waals surface area contributed by atoms with E-state index in [0.717, 1.165) is 65.9 Å². The van der Waals surface area contributed by atoms with Crippen molar-refractivity contribution in [2.24, 2.45) is 11.1 Å². The van der Waals surface area contributed by atoms with Gasteiger partial charge in [-0.15, -0.1) is 0 Å². The highest BCUT2D eigenvalue weighted by molar-refractivity contribution is 8.24. The molecule has 192 valence electrons. The van der Waals surface area contributed by atoms with E-state index in [0.29, 0.717) is 30.8 Å². The molecular weight excluding hydrogens is 468 g/mol. The number of rotatable bonds is 5. The molecule has 0 unspecified atom stereocenters. The number of anilines is 1. The third kappa shape index (κ3) is 4.61. The van der Waals surface area contributed by atoms with Gasteiger partial charge in [-0.25, -0.2) is 9.67 Å². The summed E-state index contributed by atoms with van der Waals surface area (Å²) < 4.78 is 22.1. The standard InChI is InChI=1S/C24H36N6O4S/c1-4-30-22-20(15(2)28-30)21(27-17-7-11-35(32,33)12-8-17)18(14-26-22)19-13-24(34-29-19)9-5-16(6-10-24)23(31)25-3/h14,16-17,32-33H,4-13H2,1-3H3,(H,25,31)(H,26,27). The SMILES string of the molecule is CCn1nc(C)c2c(NC3CCS(O)(O)CC3)c(C3=NOC4(CCC(C(=O)NC)CC4)C3)cnc21. The van der Waals surface area contributed by atoms with E-state index in [2.05, 4.69) is 15.8 Å². The second kappa shape index (κ2) is 9.25. The number of oxime groups is 1. The molecule has 0 bridgehead atoms. The average Bonchev–Trinajstić information content (AvgIpc) is 3.41. The number of nitrogens with one attached hydrogen (secondary N) is 2. The number of fused-ring (bicyclic) bond motifs is 1. The Morgan fingerprint density at radius 2 is 1.97 bits per heavy atom. The van der Waals surface area contributed by atoms with Gasteiger partial charge in [0.15, 0.2) is 5.65 Å². The number of hydrogen-bond acceptors (Lipinski definition) is 8. The van der Waals surface area contributed by atoms with Crippen LogP contribution in [-0.4, -0.2) is 65.7 Å². The zero-order valence-electron chi connectivity index (χ0n) is 20.7. The third-order valence-corrected chi connectivity index (χ3v) is 9.61. The van der Waals surface area contributed by atoms with Crippen molar-refractivity contribution < 1.29 is 18.7 Å². The number of aromatic nitrogens is 3. The Kier molecular flexibility index (Phi) is 6.43. The van der Waals surface area contributed by atoms with Gasteiger partial charge in [0.25, 0.3) is 0 Å². The van der Waals surface area contributed by atoms with Gasteiger partial charge in [-0.2, -0.15) is 15.7 Å². The minimum atomic E-state index is -2.46. The van der Waals surface area contributed by atoms with Gasteiger partial charge in [0, 0.05) is 55.2 Å². The van der Waals surface area contributed by atoms with Gasteiger partial charge >= 0.3 is 0 Å². The molecule has 0 atom stereocenters. The molecular formula is C24H36N6O4S. The predicted octanol–water partition coefficient (Wildman–Crippen LogP) is 3.88. The van der Waals surface area contributed by atoms with Crippen molar-refractivity contribution in [2.45, 2.75) is 77.0 Å². The summed E-state index contributed by atoms with van der Waals surface area (Å²) in [6, 6.07) is 0.128. The lowest BCUT2D eigenvalue weighted by atomic mass is 9.75. The maximum atomic E-state index is 12.1. The number of nitrogens with zero attached hydrogens (tertiary/aromatic N) is 4. The molecule has 1 aliphatic carbocycles. The van der Waals surface area contributed by atoms with E-state index < -0.39 is 10.6 Å². The molecule has 3 aliphatic rings. The van der Waals surface area contributed by atoms with Gasteiger partial charge in [0.05, 0.1) is 22.5 Å². The van der Waals surface area contributed by atoms with Crippen LogP contribution in [0, 0.1) is 12.8 Å². The normalized spacial score (nSPS) is 23.2. The largest absolute Gasteiger partial charge is 0.389 e.